The summed E-state index contributed by atoms with van der Waals surface area (Å²) in [4.78, 5) is 25.7. The maximum Gasteiger partial charge on any atom is 0.245 e. The van der Waals surface area contributed by atoms with Crippen molar-refractivity contribution in [2.45, 2.75) is 56.7 Å². The first kappa shape index (κ1) is 12.0. The van der Waals surface area contributed by atoms with Crippen LogP contribution in [0.2, 0.25) is 0 Å². The van der Waals surface area contributed by atoms with E-state index < -0.39 is 0 Å². The molecule has 5 nitrogen and oxygen atoms in total. The molecule has 3 aliphatic heterocycles. The molecular weight excluding hydrogens is 230 g/mol. The standard InChI is InChI=1S/C13H21N3O2/c17-12-6-5-10(15-12)13(18)16-8-2-4-11(16)9-3-1-7-14-9/h9-11,14H,1-8H2,(H,15,17)/t9?,10-,11?/m0/s1. The van der Waals surface area contributed by atoms with Crippen molar-refractivity contribution in [3.8, 4) is 0 Å². The molecule has 0 bridgehead atoms. The van der Waals surface area contributed by atoms with E-state index in [1.807, 2.05) is 4.90 Å². The Labute approximate surface area is 107 Å². The summed E-state index contributed by atoms with van der Waals surface area (Å²) >= 11 is 0. The van der Waals surface area contributed by atoms with Crippen LogP contribution in [0.3, 0.4) is 0 Å². The SMILES string of the molecule is O=C1CC[C@@H](C(=O)N2CCCC2C2CCCN2)N1. The fourth-order valence-corrected chi connectivity index (χ4v) is 3.52. The van der Waals surface area contributed by atoms with E-state index in [0.717, 1.165) is 25.9 Å². The Morgan fingerprint density at radius 3 is 2.78 bits per heavy atom. The number of rotatable bonds is 2. The number of hydrogen-bond donors (Lipinski definition) is 2. The van der Waals surface area contributed by atoms with Crippen molar-refractivity contribution in [1.29, 1.82) is 0 Å². The summed E-state index contributed by atoms with van der Waals surface area (Å²) < 4.78 is 0. The van der Waals surface area contributed by atoms with Gasteiger partial charge in [-0.3, -0.25) is 9.59 Å². The molecule has 0 spiro atoms. The average Bonchev–Trinajstić information content (AvgIpc) is 3.08. The van der Waals surface area contributed by atoms with Gasteiger partial charge in [0.05, 0.1) is 0 Å². The highest BCUT2D eigenvalue weighted by molar-refractivity contribution is 5.91. The number of likely N-dealkylation sites (tertiary alicyclic amines) is 1. The van der Waals surface area contributed by atoms with E-state index in [2.05, 4.69) is 10.6 Å². The zero-order valence-corrected chi connectivity index (χ0v) is 10.7. The van der Waals surface area contributed by atoms with Crippen molar-refractivity contribution in [3.05, 3.63) is 0 Å². The quantitative estimate of drug-likeness (QED) is 0.726. The van der Waals surface area contributed by atoms with Gasteiger partial charge in [0.1, 0.15) is 6.04 Å². The predicted octanol–water partition coefficient (Wildman–Crippen LogP) is 0.00800. The maximum atomic E-state index is 12.4. The topological polar surface area (TPSA) is 61.4 Å². The highest BCUT2D eigenvalue weighted by atomic mass is 16.2. The van der Waals surface area contributed by atoms with Gasteiger partial charge in [-0.2, -0.15) is 0 Å². The van der Waals surface area contributed by atoms with Gasteiger partial charge in [-0.1, -0.05) is 0 Å². The van der Waals surface area contributed by atoms with Crippen LogP contribution in [0.1, 0.15) is 38.5 Å². The second-order valence-electron chi connectivity index (χ2n) is 5.60. The largest absolute Gasteiger partial charge is 0.344 e. The van der Waals surface area contributed by atoms with Crippen LogP contribution in [-0.2, 0) is 9.59 Å². The molecule has 0 aliphatic carbocycles. The van der Waals surface area contributed by atoms with Gasteiger partial charge >= 0.3 is 0 Å². The van der Waals surface area contributed by atoms with E-state index in [1.54, 1.807) is 0 Å². The summed E-state index contributed by atoms with van der Waals surface area (Å²) in [5.41, 5.74) is 0. The minimum absolute atomic E-state index is 0.0167. The first-order valence-electron chi connectivity index (χ1n) is 7.09. The van der Waals surface area contributed by atoms with Crippen molar-refractivity contribution in [3.63, 3.8) is 0 Å². The highest BCUT2D eigenvalue weighted by Gasteiger charge is 2.39. The number of nitrogens with zero attached hydrogens (tertiary/aromatic N) is 1. The smallest absolute Gasteiger partial charge is 0.245 e. The Hall–Kier alpha value is -1.10. The van der Waals surface area contributed by atoms with E-state index in [0.29, 0.717) is 24.9 Å². The van der Waals surface area contributed by atoms with E-state index in [-0.39, 0.29) is 17.9 Å². The Balaban J connectivity index is 1.66. The molecule has 18 heavy (non-hydrogen) atoms. The lowest BCUT2D eigenvalue weighted by molar-refractivity contribution is -0.135. The second-order valence-corrected chi connectivity index (χ2v) is 5.60. The lowest BCUT2D eigenvalue weighted by Crippen LogP contribution is -2.51. The molecule has 0 saturated carbocycles. The third-order valence-corrected chi connectivity index (χ3v) is 4.44. The highest BCUT2D eigenvalue weighted by Crippen LogP contribution is 2.26. The van der Waals surface area contributed by atoms with Gasteiger partial charge in [0, 0.05) is 25.0 Å². The van der Waals surface area contributed by atoms with Crippen molar-refractivity contribution >= 4 is 11.8 Å². The Bertz CT molecular complexity index is 352. The normalized spacial score (nSPS) is 36.1. The lowest BCUT2D eigenvalue weighted by atomic mass is 10.0. The van der Waals surface area contributed by atoms with Crippen LogP contribution >= 0.6 is 0 Å². The van der Waals surface area contributed by atoms with E-state index in [4.69, 9.17) is 0 Å². The number of carbonyl (C=O) groups is 2. The van der Waals surface area contributed by atoms with Crippen LogP contribution in [0.5, 0.6) is 0 Å². The van der Waals surface area contributed by atoms with Crippen molar-refractivity contribution in [2.24, 2.45) is 0 Å². The van der Waals surface area contributed by atoms with Crippen molar-refractivity contribution < 1.29 is 9.59 Å². The summed E-state index contributed by atoms with van der Waals surface area (Å²) in [6.45, 7) is 1.93. The summed E-state index contributed by atoms with van der Waals surface area (Å²) in [7, 11) is 0. The van der Waals surface area contributed by atoms with E-state index in [9.17, 15) is 9.59 Å². The third-order valence-electron chi connectivity index (χ3n) is 4.44. The summed E-state index contributed by atoms with van der Waals surface area (Å²) in [5.74, 6) is 0.153. The number of nitrogens with one attached hydrogen (secondary N) is 2. The first-order chi connectivity index (χ1) is 8.75. The number of carbonyl (C=O) groups excluding carboxylic acids is 2. The minimum Gasteiger partial charge on any atom is -0.344 e. The number of amides is 2. The van der Waals surface area contributed by atoms with Gasteiger partial charge in [0.2, 0.25) is 11.8 Å². The molecule has 3 rings (SSSR count). The Kier molecular flexibility index (Phi) is 3.24. The molecule has 2 N–H and O–H groups in total. The zero-order chi connectivity index (χ0) is 12.5. The molecule has 3 atom stereocenters. The molecule has 0 aromatic rings. The van der Waals surface area contributed by atoms with E-state index in [1.165, 1.54) is 12.8 Å². The van der Waals surface area contributed by atoms with Gasteiger partial charge < -0.3 is 15.5 Å². The molecule has 100 valence electrons. The zero-order valence-electron chi connectivity index (χ0n) is 10.7. The summed E-state index contributed by atoms with van der Waals surface area (Å²) in [5, 5.41) is 6.29. The first-order valence-corrected chi connectivity index (χ1v) is 7.09. The molecule has 0 aromatic heterocycles. The third kappa shape index (κ3) is 2.11. The molecule has 0 radical (unpaired) electrons. The van der Waals surface area contributed by atoms with Crippen LogP contribution in [0.15, 0.2) is 0 Å². The monoisotopic (exact) mass is 251 g/mol. The maximum absolute atomic E-state index is 12.4. The Morgan fingerprint density at radius 2 is 2.11 bits per heavy atom. The molecule has 0 aromatic carbocycles. The van der Waals surface area contributed by atoms with Gasteiger partial charge in [-0.15, -0.1) is 0 Å². The van der Waals surface area contributed by atoms with Gasteiger partial charge in [-0.25, -0.2) is 0 Å². The fraction of sp³-hybridized carbons (Fsp3) is 0.846. The molecule has 3 aliphatic rings. The molecule has 2 amide bonds. The van der Waals surface area contributed by atoms with Crippen molar-refractivity contribution in [2.75, 3.05) is 13.1 Å². The molecular formula is C13H21N3O2. The fourth-order valence-electron chi connectivity index (χ4n) is 3.52. The second kappa shape index (κ2) is 4.88. The molecule has 2 unspecified atom stereocenters. The van der Waals surface area contributed by atoms with Crippen LogP contribution in [0.25, 0.3) is 0 Å². The van der Waals surface area contributed by atoms with Gasteiger partial charge in [-0.05, 0) is 38.6 Å². The van der Waals surface area contributed by atoms with Crippen LogP contribution < -0.4 is 10.6 Å². The molecule has 3 fully saturated rings. The van der Waals surface area contributed by atoms with Gasteiger partial charge in [0.15, 0.2) is 0 Å². The summed E-state index contributed by atoms with van der Waals surface area (Å²) in [6.07, 6.45) is 5.74. The van der Waals surface area contributed by atoms with Crippen molar-refractivity contribution in [1.82, 2.24) is 15.5 Å². The Morgan fingerprint density at radius 1 is 1.22 bits per heavy atom. The van der Waals surface area contributed by atoms with Crippen LogP contribution in [0.4, 0.5) is 0 Å². The number of hydrogen-bond acceptors (Lipinski definition) is 3. The van der Waals surface area contributed by atoms with Gasteiger partial charge in [0.25, 0.3) is 0 Å². The van der Waals surface area contributed by atoms with Crippen LogP contribution in [-0.4, -0.2) is 47.9 Å². The average molecular weight is 251 g/mol. The predicted molar refractivity (Wildman–Crippen MR) is 66.9 cm³/mol. The van der Waals surface area contributed by atoms with E-state index >= 15 is 0 Å². The molecule has 3 heterocycles. The van der Waals surface area contributed by atoms with Crippen LogP contribution in [0, 0.1) is 0 Å². The summed E-state index contributed by atoms with van der Waals surface area (Å²) in [6, 6.07) is 0.547. The lowest BCUT2D eigenvalue weighted by Gasteiger charge is -2.31. The molecule has 3 saturated heterocycles. The molecule has 5 heteroatoms. The minimum atomic E-state index is -0.264.